The van der Waals surface area contributed by atoms with Crippen LogP contribution in [0.3, 0.4) is 0 Å². The van der Waals surface area contributed by atoms with Gasteiger partial charge in [0.2, 0.25) is 0 Å². The number of nitrogens with zero attached hydrogens (tertiary/aromatic N) is 2. The van der Waals surface area contributed by atoms with Gasteiger partial charge in [0.15, 0.2) is 5.96 Å². The maximum Gasteiger partial charge on any atom is 0.191 e. The number of hydrogen-bond acceptors (Lipinski definition) is 5. The van der Waals surface area contributed by atoms with E-state index in [-0.39, 0.29) is 6.04 Å². The van der Waals surface area contributed by atoms with Crippen molar-refractivity contribution in [1.82, 2.24) is 15.5 Å². The maximum atomic E-state index is 5.88. The number of furan rings is 1. The number of rotatable bonds is 8. The van der Waals surface area contributed by atoms with Crippen LogP contribution in [0, 0.1) is 6.92 Å². The fraction of sp³-hybridized carbons (Fsp3) is 0.706. The van der Waals surface area contributed by atoms with Crippen LogP contribution in [0.15, 0.2) is 21.5 Å². The summed E-state index contributed by atoms with van der Waals surface area (Å²) in [6.45, 7) is 10.1. The highest BCUT2D eigenvalue weighted by atomic mass is 16.5. The molecule has 1 saturated heterocycles. The average Bonchev–Trinajstić information content (AvgIpc) is 3.04. The number of guanidine groups is 1. The van der Waals surface area contributed by atoms with E-state index in [4.69, 9.17) is 13.9 Å². The second-order valence-corrected chi connectivity index (χ2v) is 5.69. The first kappa shape index (κ1) is 18.8. The van der Waals surface area contributed by atoms with Gasteiger partial charge in [0.25, 0.3) is 0 Å². The van der Waals surface area contributed by atoms with Crippen LogP contribution >= 0.6 is 0 Å². The maximum absolute atomic E-state index is 5.88. The van der Waals surface area contributed by atoms with Gasteiger partial charge in [-0.25, -0.2) is 0 Å². The van der Waals surface area contributed by atoms with Crippen LogP contribution in [-0.2, 0) is 9.47 Å². The van der Waals surface area contributed by atoms with Crippen molar-refractivity contribution >= 4 is 5.96 Å². The summed E-state index contributed by atoms with van der Waals surface area (Å²) in [5, 5.41) is 6.65. The Hall–Kier alpha value is -1.57. The Balaban J connectivity index is 1.92. The molecule has 1 unspecified atom stereocenters. The lowest BCUT2D eigenvalue weighted by atomic mass is 10.1. The number of morpholine rings is 1. The first-order valence-electron chi connectivity index (χ1n) is 8.65. The largest absolute Gasteiger partial charge is 0.465 e. The molecule has 24 heavy (non-hydrogen) atoms. The van der Waals surface area contributed by atoms with Gasteiger partial charge in [-0.3, -0.25) is 9.89 Å². The van der Waals surface area contributed by atoms with Gasteiger partial charge in [-0.2, -0.15) is 0 Å². The predicted molar refractivity (Wildman–Crippen MR) is 94.4 cm³/mol. The van der Waals surface area contributed by atoms with Crippen LogP contribution in [0.5, 0.6) is 0 Å². The zero-order valence-electron chi connectivity index (χ0n) is 15.0. The van der Waals surface area contributed by atoms with Gasteiger partial charge in [-0.05, 0) is 26.0 Å². The minimum absolute atomic E-state index is 0.160. The highest BCUT2D eigenvalue weighted by Crippen LogP contribution is 2.23. The summed E-state index contributed by atoms with van der Waals surface area (Å²) in [4.78, 5) is 6.66. The van der Waals surface area contributed by atoms with Crippen molar-refractivity contribution in [2.45, 2.75) is 19.9 Å². The Bertz CT molecular complexity index is 498. The lowest BCUT2D eigenvalue weighted by Crippen LogP contribution is -2.46. The van der Waals surface area contributed by atoms with Gasteiger partial charge in [0.05, 0.1) is 25.9 Å². The molecule has 0 radical (unpaired) electrons. The fourth-order valence-electron chi connectivity index (χ4n) is 2.73. The molecule has 1 aromatic rings. The van der Waals surface area contributed by atoms with E-state index < -0.39 is 0 Å². The molecule has 0 aromatic carbocycles. The minimum Gasteiger partial charge on any atom is -0.465 e. The quantitative estimate of drug-likeness (QED) is 0.421. The number of aryl methyl sites for hydroxylation is 1. The normalized spacial score (nSPS) is 17.7. The summed E-state index contributed by atoms with van der Waals surface area (Å²) >= 11 is 0. The Labute approximate surface area is 144 Å². The molecule has 2 rings (SSSR count). The molecule has 2 N–H and O–H groups in total. The SMILES string of the molecule is CCOCCNC(=NC)NCC(c1ccc(C)o1)N1CCOCC1. The first-order valence-corrected chi connectivity index (χ1v) is 8.65. The average molecular weight is 338 g/mol. The van der Waals surface area contributed by atoms with Crippen LogP contribution in [0.25, 0.3) is 0 Å². The zero-order chi connectivity index (χ0) is 17.2. The topological polar surface area (TPSA) is 71.3 Å². The summed E-state index contributed by atoms with van der Waals surface area (Å²) in [5.41, 5.74) is 0. The Morgan fingerprint density at radius 3 is 2.75 bits per heavy atom. The third-order valence-electron chi connectivity index (χ3n) is 4.01. The van der Waals surface area contributed by atoms with Crippen molar-refractivity contribution in [3.63, 3.8) is 0 Å². The van der Waals surface area contributed by atoms with E-state index in [2.05, 4.69) is 26.6 Å². The van der Waals surface area contributed by atoms with Crippen LogP contribution in [0.2, 0.25) is 0 Å². The van der Waals surface area contributed by atoms with Crippen molar-refractivity contribution < 1.29 is 13.9 Å². The summed E-state index contributed by atoms with van der Waals surface area (Å²) < 4.78 is 16.7. The molecule has 0 bridgehead atoms. The molecular formula is C17H30N4O3. The molecule has 7 nitrogen and oxygen atoms in total. The molecule has 1 atom stereocenters. The molecule has 0 saturated carbocycles. The summed E-state index contributed by atoms with van der Waals surface area (Å²) in [6, 6.07) is 4.23. The predicted octanol–water partition coefficient (Wildman–Crippen LogP) is 1.16. The van der Waals surface area contributed by atoms with E-state index >= 15 is 0 Å². The van der Waals surface area contributed by atoms with E-state index in [1.807, 2.05) is 19.9 Å². The van der Waals surface area contributed by atoms with Gasteiger partial charge < -0.3 is 24.5 Å². The van der Waals surface area contributed by atoms with E-state index in [0.29, 0.717) is 6.61 Å². The third kappa shape index (κ3) is 5.81. The molecule has 136 valence electrons. The third-order valence-corrected chi connectivity index (χ3v) is 4.01. The summed E-state index contributed by atoms with van der Waals surface area (Å²) in [7, 11) is 1.77. The summed E-state index contributed by atoms with van der Waals surface area (Å²) in [6.07, 6.45) is 0. The van der Waals surface area contributed by atoms with Crippen molar-refractivity contribution in [3.05, 3.63) is 23.7 Å². The van der Waals surface area contributed by atoms with Crippen molar-refractivity contribution in [2.24, 2.45) is 4.99 Å². The van der Waals surface area contributed by atoms with Crippen molar-refractivity contribution in [1.29, 1.82) is 0 Å². The number of hydrogen-bond donors (Lipinski definition) is 2. The first-order chi connectivity index (χ1) is 11.7. The Kier molecular flexibility index (Phi) is 8.07. The van der Waals surface area contributed by atoms with Gasteiger partial charge in [-0.15, -0.1) is 0 Å². The smallest absolute Gasteiger partial charge is 0.191 e. The van der Waals surface area contributed by atoms with Crippen molar-refractivity contribution in [2.75, 3.05) is 59.7 Å². The van der Waals surface area contributed by atoms with Crippen LogP contribution in [0.4, 0.5) is 0 Å². The highest BCUT2D eigenvalue weighted by molar-refractivity contribution is 5.79. The van der Waals surface area contributed by atoms with Crippen LogP contribution in [-0.4, -0.2) is 70.5 Å². The molecule has 1 fully saturated rings. The second-order valence-electron chi connectivity index (χ2n) is 5.69. The molecule has 1 aliphatic rings. The van der Waals surface area contributed by atoms with Crippen LogP contribution < -0.4 is 10.6 Å². The molecular weight excluding hydrogens is 308 g/mol. The molecule has 1 aliphatic heterocycles. The van der Waals surface area contributed by atoms with Gasteiger partial charge >= 0.3 is 0 Å². The van der Waals surface area contributed by atoms with E-state index in [1.54, 1.807) is 7.05 Å². The van der Waals surface area contributed by atoms with E-state index in [1.165, 1.54) is 0 Å². The number of nitrogens with one attached hydrogen (secondary N) is 2. The highest BCUT2D eigenvalue weighted by Gasteiger charge is 2.25. The molecule has 0 aliphatic carbocycles. The van der Waals surface area contributed by atoms with Crippen LogP contribution in [0.1, 0.15) is 24.5 Å². The lowest BCUT2D eigenvalue weighted by Gasteiger charge is -2.33. The fourth-order valence-corrected chi connectivity index (χ4v) is 2.73. The monoisotopic (exact) mass is 338 g/mol. The van der Waals surface area contributed by atoms with E-state index in [9.17, 15) is 0 Å². The second kappa shape index (κ2) is 10.3. The van der Waals surface area contributed by atoms with Gasteiger partial charge in [-0.1, -0.05) is 0 Å². The van der Waals surface area contributed by atoms with Gasteiger partial charge in [0.1, 0.15) is 11.5 Å². The Morgan fingerprint density at radius 2 is 2.12 bits per heavy atom. The molecule has 1 aromatic heterocycles. The van der Waals surface area contributed by atoms with E-state index in [0.717, 1.165) is 63.5 Å². The summed E-state index contributed by atoms with van der Waals surface area (Å²) in [5.74, 6) is 2.69. The molecule has 0 amide bonds. The number of aliphatic imine (C=N–C) groups is 1. The minimum atomic E-state index is 0.160. The molecule has 7 heteroatoms. The van der Waals surface area contributed by atoms with Crippen molar-refractivity contribution in [3.8, 4) is 0 Å². The van der Waals surface area contributed by atoms with Gasteiger partial charge in [0, 0.05) is 39.8 Å². The zero-order valence-corrected chi connectivity index (χ0v) is 15.0. The Morgan fingerprint density at radius 1 is 1.33 bits per heavy atom. The molecule has 0 spiro atoms. The standard InChI is InChI=1S/C17H30N4O3/c1-4-22-10-7-19-17(18-3)20-13-15(16-6-5-14(2)24-16)21-8-11-23-12-9-21/h5-6,15H,4,7-13H2,1-3H3,(H2,18,19,20). The number of ether oxygens (including phenoxy) is 2. The lowest BCUT2D eigenvalue weighted by molar-refractivity contribution is 0.0124. The molecule has 2 heterocycles.